The van der Waals surface area contributed by atoms with E-state index in [1.807, 2.05) is 30.1 Å². The predicted octanol–water partition coefficient (Wildman–Crippen LogP) is 3.60. The third-order valence-corrected chi connectivity index (χ3v) is 5.82. The third-order valence-electron chi connectivity index (χ3n) is 5.82. The first-order valence-corrected chi connectivity index (χ1v) is 11.3. The molecule has 31 heavy (non-hydrogen) atoms. The Labute approximate surface area is 184 Å². The van der Waals surface area contributed by atoms with E-state index in [1.54, 1.807) is 17.2 Å². The van der Waals surface area contributed by atoms with Gasteiger partial charge in [0.2, 0.25) is 5.91 Å². The van der Waals surface area contributed by atoms with Gasteiger partial charge in [-0.3, -0.25) is 14.6 Å². The molecule has 3 heterocycles. The highest BCUT2D eigenvalue weighted by Crippen LogP contribution is 2.23. The molecule has 168 valence electrons. The molecule has 0 aliphatic carbocycles. The lowest BCUT2D eigenvalue weighted by Gasteiger charge is -2.32. The van der Waals surface area contributed by atoms with Crippen LogP contribution in [0.3, 0.4) is 0 Å². The molecule has 0 spiro atoms. The number of likely N-dealkylation sites (N-methyl/N-ethyl adjacent to an activating group) is 1. The van der Waals surface area contributed by atoms with Crippen molar-refractivity contribution in [3.8, 4) is 0 Å². The Morgan fingerprint density at radius 1 is 1.32 bits per heavy atom. The predicted molar refractivity (Wildman–Crippen MR) is 118 cm³/mol. The Morgan fingerprint density at radius 2 is 2.16 bits per heavy atom. The van der Waals surface area contributed by atoms with Crippen LogP contribution in [-0.2, 0) is 17.6 Å². The van der Waals surface area contributed by atoms with Gasteiger partial charge in [-0.15, -0.1) is 0 Å². The van der Waals surface area contributed by atoms with E-state index in [9.17, 15) is 9.59 Å². The summed E-state index contributed by atoms with van der Waals surface area (Å²) in [5, 5.41) is 3.98. The second kappa shape index (κ2) is 11.1. The highest BCUT2D eigenvalue weighted by molar-refractivity contribution is 5.92. The van der Waals surface area contributed by atoms with Crippen molar-refractivity contribution in [2.45, 2.75) is 52.4 Å². The van der Waals surface area contributed by atoms with Crippen molar-refractivity contribution in [2.75, 3.05) is 26.7 Å². The number of carbonyl (C=O) groups is 2. The number of nitrogens with zero attached hydrogens (tertiary/aromatic N) is 4. The van der Waals surface area contributed by atoms with Crippen LogP contribution < -0.4 is 0 Å². The van der Waals surface area contributed by atoms with Crippen molar-refractivity contribution in [1.29, 1.82) is 0 Å². The lowest BCUT2D eigenvalue weighted by Crippen LogP contribution is -2.40. The number of hydrogen-bond donors (Lipinski definition) is 0. The molecule has 2 amide bonds. The second-order valence-corrected chi connectivity index (χ2v) is 8.96. The molecule has 3 rings (SSSR count). The highest BCUT2D eigenvalue weighted by Gasteiger charge is 2.27. The molecule has 7 nitrogen and oxygen atoms in total. The van der Waals surface area contributed by atoms with Crippen LogP contribution in [0.2, 0.25) is 0 Å². The van der Waals surface area contributed by atoms with Crippen LogP contribution in [0, 0.1) is 11.8 Å². The van der Waals surface area contributed by atoms with Gasteiger partial charge >= 0.3 is 0 Å². The Kier molecular flexibility index (Phi) is 8.20. The molecule has 2 aromatic rings. The van der Waals surface area contributed by atoms with Gasteiger partial charge in [0.25, 0.3) is 5.91 Å². The Balaban J connectivity index is 1.44. The molecule has 0 unspecified atom stereocenters. The summed E-state index contributed by atoms with van der Waals surface area (Å²) in [5.74, 6) is 1.63. The van der Waals surface area contributed by atoms with Crippen molar-refractivity contribution in [3.05, 3.63) is 47.6 Å². The maximum Gasteiger partial charge on any atom is 0.276 e. The SMILES string of the molecule is CC(C)Cc1cc(C(=O)N2CCC[C@H](CCC(=O)N(C)CCc3ccccn3)C2)no1. The number of likely N-dealkylation sites (tertiary alicyclic amines) is 1. The number of hydrogen-bond acceptors (Lipinski definition) is 5. The van der Waals surface area contributed by atoms with Gasteiger partial charge in [0.1, 0.15) is 5.76 Å². The fraction of sp³-hybridized carbons (Fsp3) is 0.583. The molecule has 1 saturated heterocycles. The Hall–Kier alpha value is -2.70. The normalized spacial score (nSPS) is 16.5. The number of piperidine rings is 1. The van der Waals surface area contributed by atoms with Crippen molar-refractivity contribution in [2.24, 2.45) is 11.8 Å². The van der Waals surface area contributed by atoms with Gasteiger partial charge < -0.3 is 14.3 Å². The molecule has 7 heteroatoms. The van der Waals surface area contributed by atoms with Gasteiger partial charge in [-0.05, 0) is 43.2 Å². The maximum atomic E-state index is 12.8. The average molecular weight is 427 g/mol. The van der Waals surface area contributed by atoms with E-state index in [1.165, 1.54) is 0 Å². The van der Waals surface area contributed by atoms with E-state index in [0.717, 1.165) is 50.1 Å². The smallest absolute Gasteiger partial charge is 0.276 e. The van der Waals surface area contributed by atoms with E-state index < -0.39 is 0 Å². The first kappa shape index (κ1) is 23.0. The summed E-state index contributed by atoms with van der Waals surface area (Å²) in [6.07, 6.45) is 6.62. The number of pyridine rings is 1. The Morgan fingerprint density at radius 3 is 2.90 bits per heavy atom. The van der Waals surface area contributed by atoms with Gasteiger partial charge in [-0.1, -0.05) is 25.1 Å². The van der Waals surface area contributed by atoms with Gasteiger partial charge in [0.05, 0.1) is 0 Å². The van der Waals surface area contributed by atoms with E-state index >= 15 is 0 Å². The first-order valence-electron chi connectivity index (χ1n) is 11.3. The average Bonchev–Trinajstić information content (AvgIpc) is 3.24. The van der Waals surface area contributed by atoms with Gasteiger partial charge in [0.15, 0.2) is 5.69 Å². The highest BCUT2D eigenvalue weighted by atomic mass is 16.5. The van der Waals surface area contributed by atoms with Crippen LogP contribution in [0.1, 0.15) is 61.5 Å². The monoisotopic (exact) mass is 426 g/mol. The zero-order chi connectivity index (χ0) is 22.2. The lowest BCUT2D eigenvalue weighted by atomic mass is 9.93. The van der Waals surface area contributed by atoms with Crippen molar-refractivity contribution in [1.82, 2.24) is 19.9 Å². The summed E-state index contributed by atoms with van der Waals surface area (Å²) in [6, 6.07) is 7.60. The molecule has 1 fully saturated rings. The number of aromatic nitrogens is 2. The minimum atomic E-state index is -0.0674. The quantitative estimate of drug-likeness (QED) is 0.612. The van der Waals surface area contributed by atoms with E-state index in [-0.39, 0.29) is 11.8 Å². The van der Waals surface area contributed by atoms with Crippen LogP contribution in [0.25, 0.3) is 0 Å². The topological polar surface area (TPSA) is 79.5 Å². The molecule has 1 atom stereocenters. The fourth-order valence-electron chi connectivity index (χ4n) is 4.03. The van der Waals surface area contributed by atoms with Crippen LogP contribution >= 0.6 is 0 Å². The zero-order valence-electron chi connectivity index (χ0n) is 18.9. The van der Waals surface area contributed by atoms with Crippen LogP contribution in [0.4, 0.5) is 0 Å². The van der Waals surface area contributed by atoms with E-state index in [2.05, 4.69) is 24.0 Å². The van der Waals surface area contributed by atoms with E-state index in [4.69, 9.17) is 4.52 Å². The van der Waals surface area contributed by atoms with Crippen molar-refractivity contribution < 1.29 is 14.1 Å². The summed E-state index contributed by atoms with van der Waals surface area (Å²) < 4.78 is 5.32. The van der Waals surface area contributed by atoms with Gasteiger partial charge in [-0.25, -0.2) is 0 Å². The summed E-state index contributed by atoms with van der Waals surface area (Å²) in [5.41, 5.74) is 1.38. The number of amides is 2. The van der Waals surface area contributed by atoms with Gasteiger partial charge in [-0.2, -0.15) is 0 Å². The van der Waals surface area contributed by atoms with Crippen molar-refractivity contribution >= 4 is 11.8 Å². The molecular weight excluding hydrogens is 392 g/mol. The molecule has 0 aromatic carbocycles. The summed E-state index contributed by atoms with van der Waals surface area (Å²) in [7, 11) is 1.85. The maximum absolute atomic E-state index is 12.8. The van der Waals surface area contributed by atoms with Crippen LogP contribution in [-0.4, -0.2) is 58.4 Å². The van der Waals surface area contributed by atoms with Crippen LogP contribution in [0.5, 0.6) is 0 Å². The lowest BCUT2D eigenvalue weighted by molar-refractivity contribution is -0.130. The molecule has 1 aliphatic rings. The zero-order valence-corrected chi connectivity index (χ0v) is 18.9. The minimum Gasteiger partial charge on any atom is -0.361 e. The second-order valence-electron chi connectivity index (χ2n) is 8.96. The van der Waals surface area contributed by atoms with E-state index in [0.29, 0.717) is 37.0 Å². The Bertz CT molecular complexity index is 850. The minimum absolute atomic E-state index is 0.0674. The summed E-state index contributed by atoms with van der Waals surface area (Å²) in [6.45, 7) is 6.29. The molecule has 1 aliphatic heterocycles. The standard InChI is InChI=1S/C24H34N4O3/c1-18(2)15-21-16-22(26-31-21)24(30)28-13-6-7-19(17-28)9-10-23(29)27(3)14-11-20-8-4-5-12-25-20/h4-5,8,12,16,18-19H,6-7,9-11,13-15,17H2,1-3H3/t19-/m1/s1. The largest absolute Gasteiger partial charge is 0.361 e. The molecule has 0 radical (unpaired) electrons. The summed E-state index contributed by atoms with van der Waals surface area (Å²) in [4.78, 5) is 33.3. The van der Waals surface area contributed by atoms with Gasteiger partial charge in [0, 0.05) is 63.9 Å². The molecule has 0 bridgehead atoms. The molecule has 0 saturated carbocycles. The number of carbonyl (C=O) groups excluding carboxylic acids is 2. The first-order chi connectivity index (χ1) is 14.9. The van der Waals surface area contributed by atoms with Crippen LogP contribution in [0.15, 0.2) is 35.0 Å². The fourth-order valence-corrected chi connectivity index (χ4v) is 4.03. The van der Waals surface area contributed by atoms with Crippen molar-refractivity contribution in [3.63, 3.8) is 0 Å². The molecular formula is C24H34N4O3. The molecule has 0 N–H and O–H groups in total. The third kappa shape index (κ3) is 6.91. The summed E-state index contributed by atoms with van der Waals surface area (Å²) >= 11 is 0. The number of rotatable bonds is 9. The molecule has 2 aromatic heterocycles.